The van der Waals surface area contributed by atoms with Crippen molar-refractivity contribution in [2.45, 2.75) is 0 Å². The van der Waals surface area contributed by atoms with Crippen LogP contribution in [0.4, 0.5) is 4.79 Å². The van der Waals surface area contributed by atoms with Crippen molar-refractivity contribution in [2.24, 2.45) is 0 Å². The Morgan fingerprint density at radius 3 is 2.73 bits per heavy atom. The van der Waals surface area contributed by atoms with Crippen molar-refractivity contribution in [1.29, 1.82) is 0 Å². The first-order valence-corrected chi connectivity index (χ1v) is 8.03. The molecule has 1 saturated heterocycles. The Bertz CT molecular complexity index is 596. The van der Waals surface area contributed by atoms with Gasteiger partial charge in [-0.1, -0.05) is 35.0 Å². The lowest BCUT2D eigenvalue weighted by Crippen LogP contribution is -2.38. The molecule has 0 saturated carbocycles. The van der Waals surface area contributed by atoms with Crippen molar-refractivity contribution < 1.29 is 19.1 Å². The molecule has 118 valence electrons. The van der Waals surface area contributed by atoms with Gasteiger partial charge in [-0.25, -0.2) is 0 Å². The zero-order valence-corrected chi connectivity index (χ0v) is 13.6. The summed E-state index contributed by atoms with van der Waals surface area (Å²) in [7, 11) is 0. The number of ether oxygens (including phenoxy) is 1. The molecule has 6 nitrogen and oxygen atoms in total. The fraction of sp³-hybridized carbons (Fsp3) is 0.308. The zero-order chi connectivity index (χ0) is 16.1. The molecule has 0 bridgehead atoms. The van der Waals surface area contributed by atoms with Crippen LogP contribution in [0.1, 0.15) is 0 Å². The van der Waals surface area contributed by atoms with Gasteiger partial charge in [0.25, 0.3) is 11.1 Å². The van der Waals surface area contributed by atoms with Crippen LogP contribution in [0, 0.1) is 0 Å². The summed E-state index contributed by atoms with van der Waals surface area (Å²) in [6, 6.07) is 4.68. The number of amides is 3. The van der Waals surface area contributed by atoms with E-state index in [2.05, 4.69) is 5.32 Å². The smallest absolute Gasteiger partial charge is 0.288 e. The fourth-order valence-corrected chi connectivity index (χ4v) is 2.71. The summed E-state index contributed by atoms with van der Waals surface area (Å²) in [5.74, 6) is -0.0206. The van der Waals surface area contributed by atoms with E-state index in [1.807, 2.05) is 0 Å². The van der Waals surface area contributed by atoms with E-state index in [1.54, 1.807) is 12.1 Å². The third-order valence-corrected chi connectivity index (χ3v) is 4.36. The van der Waals surface area contributed by atoms with E-state index in [0.29, 0.717) is 15.8 Å². The summed E-state index contributed by atoms with van der Waals surface area (Å²) in [5.41, 5.74) is 0. The maximum Gasteiger partial charge on any atom is 0.288 e. The summed E-state index contributed by atoms with van der Waals surface area (Å²) in [6.07, 6.45) is 0. The van der Waals surface area contributed by atoms with Crippen molar-refractivity contribution in [1.82, 2.24) is 10.2 Å². The first-order valence-electron chi connectivity index (χ1n) is 6.29. The molecule has 0 aliphatic carbocycles. The maximum absolute atomic E-state index is 11.6. The molecule has 0 radical (unpaired) electrons. The van der Waals surface area contributed by atoms with Crippen LogP contribution in [-0.2, 0) is 9.59 Å². The monoisotopic (exact) mass is 362 g/mol. The highest BCUT2D eigenvalue weighted by molar-refractivity contribution is 8.14. The van der Waals surface area contributed by atoms with Crippen LogP contribution in [0.25, 0.3) is 0 Å². The lowest BCUT2D eigenvalue weighted by Gasteiger charge is -2.13. The maximum atomic E-state index is 11.6. The summed E-state index contributed by atoms with van der Waals surface area (Å²) < 4.78 is 5.26. The van der Waals surface area contributed by atoms with E-state index in [0.717, 1.165) is 16.7 Å². The number of hydrogen-bond donors (Lipinski definition) is 1. The Kier molecular flexibility index (Phi) is 5.93. The Labute approximate surface area is 141 Å². The molecule has 0 spiro atoms. The standard InChI is InChI=1S/C13H12Cl2N2O4S/c14-9-2-1-8(5-10(9)15)21-6-11(18)16-3-4-17-12(19)7-22-13(17)20/h1-2,5H,3-4,6-7H2,(H,16,18). The quantitative estimate of drug-likeness (QED) is 0.839. The van der Waals surface area contributed by atoms with Gasteiger partial charge in [0.2, 0.25) is 5.91 Å². The van der Waals surface area contributed by atoms with Crippen LogP contribution in [0.3, 0.4) is 0 Å². The predicted molar refractivity (Wildman–Crippen MR) is 84.5 cm³/mol. The predicted octanol–water partition coefficient (Wildman–Crippen LogP) is 2.18. The van der Waals surface area contributed by atoms with E-state index in [9.17, 15) is 14.4 Å². The lowest BCUT2D eigenvalue weighted by atomic mass is 10.3. The van der Waals surface area contributed by atoms with Crippen molar-refractivity contribution >= 4 is 52.0 Å². The van der Waals surface area contributed by atoms with Crippen molar-refractivity contribution in [2.75, 3.05) is 25.4 Å². The van der Waals surface area contributed by atoms with Crippen LogP contribution in [0.2, 0.25) is 10.0 Å². The number of nitrogens with one attached hydrogen (secondary N) is 1. The number of carbonyl (C=O) groups excluding carboxylic acids is 3. The first-order chi connectivity index (χ1) is 10.5. The Hall–Kier alpha value is -1.44. The first kappa shape index (κ1) is 16.9. The summed E-state index contributed by atoms with van der Waals surface area (Å²) in [6.45, 7) is 0.138. The molecule has 0 aromatic heterocycles. The van der Waals surface area contributed by atoms with Gasteiger partial charge < -0.3 is 10.1 Å². The van der Waals surface area contributed by atoms with Crippen LogP contribution in [0.15, 0.2) is 18.2 Å². The summed E-state index contributed by atoms with van der Waals surface area (Å²) in [5, 5.41) is 3.02. The average molecular weight is 363 g/mol. The second-order valence-electron chi connectivity index (χ2n) is 4.31. The molecule has 3 amide bonds. The Balaban J connectivity index is 1.70. The van der Waals surface area contributed by atoms with Crippen LogP contribution in [0.5, 0.6) is 5.75 Å². The third-order valence-electron chi connectivity index (χ3n) is 2.76. The van der Waals surface area contributed by atoms with Gasteiger partial charge >= 0.3 is 0 Å². The Morgan fingerprint density at radius 2 is 2.09 bits per heavy atom. The SMILES string of the molecule is O=C(COc1ccc(Cl)c(Cl)c1)NCCN1C(=O)CSC1=O. The van der Waals surface area contributed by atoms with Crippen LogP contribution < -0.4 is 10.1 Å². The molecule has 1 aromatic rings. The largest absolute Gasteiger partial charge is 0.484 e. The second-order valence-corrected chi connectivity index (χ2v) is 6.06. The molecule has 2 rings (SSSR count). The Morgan fingerprint density at radius 1 is 1.32 bits per heavy atom. The molecule has 1 aromatic carbocycles. The van der Waals surface area contributed by atoms with E-state index >= 15 is 0 Å². The van der Waals surface area contributed by atoms with E-state index in [-0.39, 0.29) is 42.5 Å². The van der Waals surface area contributed by atoms with Crippen molar-refractivity contribution in [3.05, 3.63) is 28.2 Å². The van der Waals surface area contributed by atoms with Crippen molar-refractivity contribution in [3.8, 4) is 5.75 Å². The summed E-state index contributed by atoms with van der Waals surface area (Å²) >= 11 is 12.6. The molecule has 1 aliphatic heterocycles. The minimum Gasteiger partial charge on any atom is -0.484 e. The van der Waals surface area contributed by atoms with E-state index in [1.165, 1.54) is 6.07 Å². The lowest BCUT2D eigenvalue weighted by molar-refractivity contribution is -0.126. The van der Waals surface area contributed by atoms with Crippen molar-refractivity contribution in [3.63, 3.8) is 0 Å². The highest BCUT2D eigenvalue weighted by atomic mass is 35.5. The molecule has 0 atom stereocenters. The molecule has 9 heteroatoms. The number of thioether (sulfide) groups is 1. The topological polar surface area (TPSA) is 75.7 Å². The van der Waals surface area contributed by atoms with Gasteiger partial charge in [-0.05, 0) is 12.1 Å². The average Bonchev–Trinajstić information content (AvgIpc) is 2.80. The molecule has 0 unspecified atom stereocenters. The van der Waals surface area contributed by atoms with Gasteiger partial charge in [0, 0.05) is 19.2 Å². The third kappa shape index (κ3) is 4.53. The zero-order valence-electron chi connectivity index (χ0n) is 11.3. The number of rotatable bonds is 6. The minimum atomic E-state index is -0.363. The molecule has 1 fully saturated rings. The minimum absolute atomic E-state index is 0.156. The van der Waals surface area contributed by atoms with E-state index in [4.69, 9.17) is 27.9 Å². The van der Waals surface area contributed by atoms with Gasteiger partial charge in [-0.2, -0.15) is 0 Å². The number of imide groups is 1. The molecule has 22 heavy (non-hydrogen) atoms. The van der Waals surface area contributed by atoms with Gasteiger partial charge in [0.1, 0.15) is 5.75 Å². The molecular formula is C13H12Cl2N2O4S. The van der Waals surface area contributed by atoms with Gasteiger partial charge in [-0.3, -0.25) is 19.3 Å². The molecular weight excluding hydrogens is 351 g/mol. The number of benzene rings is 1. The second kappa shape index (κ2) is 7.71. The fourth-order valence-electron chi connectivity index (χ4n) is 1.67. The number of hydrogen-bond acceptors (Lipinski definition) is 5. The van der Waals surface area contributed by atoms with Gasteiger partial charge in [0.05, 0.1) is 15.8 Å². The van der Waals surface area contributed by atoms with Gasteiger partial charge in [0.15, 0.2) is 6.61 Å². The molecule has 1 aliphatic rings. The van der Waals surface area contributed by atoms with Gasteiger partial charge in [-0.15, -0.1) is 0 Å². The van der Waals surface area contributed by atoms with E-state index < -0.39 is 0 Å². The number of nitrogens with zero attached hydrogens (tertiary/aromatic N) is 1. The highest BCUT2D eigenvalue weighted by Crippen LogP contribution is 2.26. The highest BCUT2D eigenvalue weighted by Gasteiger charge is 2.29. The molecule has 1 N–H and O–H groups in total. The molecule has 1 heterocycles. The van der Waals surface area contributed by atoms with Crippen LogP contribution >= 0.6 is 35.0 Å². The number of halogens is 2. The van der Waals surface area contributed by atoms with Crippen LogP contribution in [-0.4, -0.2) is 47.4 Å². The number of carbonyl (C=O) groups is 3. The summed E-state index contributed by atoms with van der Waals surface area (Å²) in [4.78, 5) is 35.4. The normalized spacial score (nSPS) is 14.4.